The predicted molar refractivity (Wildman–Crippen MR) is 108 cm³/mol. The number of ether oxygens (including phenoxy) is 1. The fraction of sp³-hybridized carbons (Fsp3) is 0.250. The van der Waals surface area contributed by atoms with Crippen molar-refractivity contribution in [2.24, 2.45) is 0 Å². The topological polar surface area (TPSA) is 103 Å². The molecule has 29 heavy (non-hydrogen) atoms. The molecule has 2 amide bonds. The number of nitrogens with zero attached hydrogens (tertiary/aromatic N) is 1. The first-order valence-electron chi connectivity index (χ1n) is 9.04. The number of rotatable bonds is 7. The van der Waals surface area contributed by atoms with Crippen molar-refractivity contribution in [2.75, 3.05) is 6.61 Å². The minimum absolute atomic E-state index is 0.0310. The number of hydrazine groups is 1. The Hall–Kier alpha value is -3.26. The number of carbonyl (C=O) groups is 2. The summed E-state index contributed by atoms with van der Waals surface area (Å²) in [7, 11) is 0. The molecule has 3 rings (SSSR count). The van der Waals surface area contributed by atoms with Gasteiger partial charge in [0, 0.05) is 24.1 Å². The molecule has 0 saturated heterocycles. The average Bonchev–Trinajstić information content (AvgIpc) is 3.03. The van der Waals surface area contributed by atoms with Gasteiger partial charge >= 0.3 is 5.76 Å². The Kier molecular flexibility index (Phi) is 6.56. The van der Waals surface area contributed by atoms with E-state index in [1.807, 2.05) is 19.1 Å². The third-order valence-corrected chi connectivity index (χ3v) is 4.47. The largest absolute Gasteiger partial charge is 0.484 e. The number of carbonyl (C=O) groups excluding carboxylic acids is 2. The zero-order chi connectivity index (χ0) is 20.8. The van der Waals surface area contributed by atoms with Crippen molar-refractivity contribution in [3.8, 4) is 5.75 Å². The van der Waals surface area contributed by atoms with Crippen LogP contribution in [0.25, 0.3) is 11.1 Å². The number of aryl methyl sites for hydroxylation is 2. The van der Waals surface area contributed by atoms with E-state index >= 15 is 0 Å². The van der Waals surface area contributed by atoms with E-state index in [-0.39, 0.29) is 19.6 Å². The van der Waals surface area contributed by atoms with Crippen molar-refractivity contribution in [3.63, 3.8) is 0 Å². The van der Waals surface area contributed by atoms with Gasteiger partial charge in [-0.3, -0.25) is 25.0 Å². The Morgan fingerprint density at radius 3 is 2.55 bits per heavy atom. The molecule has 0 spiro atoms. The highest BCUT2D eigenvalue weighted by atomic mass is 35.5. The van der Waals surface area contributed by atoms with Crippen LogP contribution in [0.4, 0.5) is 0 Å². The van der Waals surface area contributed by atoms with Crippen LogP contribution in [0.1, 0.15) is 18.9 Å². The number of halogens is 1. The van der Waals surface area contributed by atoms with Crippen LogP contribution in [0, 0.1) is 0 Å². The van der Waals surface area contributed by atoms with E-state index in [9.17, 15) is 14.4 Å². The second kappa shape index (κ2) is 9.29. The maximum absolute atomic E-state index is 12.0. The smallest absolute Gasteiger partial charge is 0.419 e. The maximum Gasteiger partial charge on any atom is 0.419 e. The van der Waals surface area contributed by atoms with Crippen LogP contribution in [-0.2, 0) is 22.6 Å². The summed E-state index contributed by atoms with van der Waals surface area (Å²) in [5, 5.41) is 0.447. The summed E-state index contributed by atoms with van der Waals surface area (Å²) in [5.74, 6) is -0.976. The minimum atomic E-state index is -0.582. The molecule has 0 bridgehead atoms. The Balaban J connectivity index is 1.44. The van der Waals surface area contributed by atoms with Gasteiger partial charge in [-0.25, -0.2) is 4.79 Å². The molecule has 1 heterocycles. The quantitative estimate of drug-likeness (QED) is 0.575. The molecule has 0 saturated carbocycles. The summed E-state index contributed by atoms with van der Waals surface area (Å²) in [6, 6.07) is 12.2. The Morgan fingerprint density at radius 1 is 1.10 bits per heavy atom. The number of benzene rings is 2. The zero-order valence-corrected chi connectivity index (χ0v) is 16.5. The molecule has 8 nitrogen and oxygen atoms in total. The van der Waals surface area contributed by atoms with E-state index in [4.69, 9.17) is 20.8 Å². The van der Waals surface area contributed by atoms with Crippen molar-refractivity contribution in [3.05, 3.63) is 63.6 Å². The van der Waals surface area contributed by atoms with Crippen LogP contribution in [0.3, 0.4) is 0 Å². The van der Waals surface area contributed by atoms with Crippen molar-refractivity contribution in [2.45, 2.75) is 26.3 Å². The highest BCUT2D eigenvalue weighted by molar-refractivity contribution is 6.31. The normalized spacial score (nSPS) is 10.7. The monoisotopic (exact) mass is 417 g/mol. The molecule has 152 valence electrons. The number of hydrogen-bond donors (Lipinski definition) is 2. The van der Waals surface area contributed by atoms with Crippen LogP contribution >= 0.6 is 11.6 Å². The Labute approximate surface area is 171 Å². The van der Waals surface area contributed by atoms with E-state index in [0.717, 1.165) is 6.42 Å². The van der Waals surface area contributed by atoms with Gasteiger partial charge in [0.2, 0.25) is 5.91 Å². The molecule has 0 aliphatic carbocycles. The lowest BCUT2D eigenvalue weighted by Crippen LogP contribution is -2.44. The molecule has 0 aliphatic heterocycles. The number of aromatic nitrogens is 1. The summed E-state index contributed by atoms with van der Waals surface area (Å²) >= 11 is 5.87. The summed E-state index contributed by atoms with van der Waals surface area (Å²) in [6.07, 6.45) is 0.887. The van der Waals surface area contributed by atoms with Crippen LogP contribution in [0.5, 0.6) is 5.75 Å². The third kappa shape index (κ3) is 5.39. The number of oxazole rings is 1. The van der Waals surface area contributed by atoms with Crippen LogP contribution < -0.4 is 21.3 Å². The maximum atomic E-state index is 12.0. The molecule has 0 unspecified atom stereocenters. The molecule has 0 radical (unpaired) electrons. The SMILES string of the molecule is CCc1ccc(OCC(=O)NNC(=O)CCn2c(=O)oc3cc(Cl)ccc32)cc1. The first-order chi connectivity index (χ1) is 14.0. The van der Waals surface area contributed by atoms with Crippen molar-refractivity contribution >= 4 is 34.5 Å². The number of fused-ring (bicyclic) bond motifs is 1. The van der Waals surface area contributed by atoms with Gasteiger partial charge in [-0.2, -0.15) is 0 Å². The molecule has 2 aromatic carbocycles. The molecule has 3 aromatic rings. The third-order valence-electron chi connectivity index (χ3n) is 4.24. The van der Waals surface area contributed by atoms with Gasteiger partial charge in [-0.1, -0.05) is 30.7 Å². The molecule has 0 atom stereocenters. The highest BCUT2D eigenvalue weighted by Gasteiger charge is 2.12. The molecule has 2 N–H and O–H groups in total. The minimum Gasteiger partial charge on any atom is -0.484 e. The van der Waals surface area contributed by atoms with Gasteiger partial charge in [0.05, 0.1) is 5.52 Å². The second-order valence-electron chi connectivity index (χ2n) is 6.26. The fourth-order valence-electron chi connectivity index (χ4n) is 2.67. The van der Waals surface area contributed by atoms with Gasteiger partial charge < -0.3 is 9.15 Å². The number of nitrogens with one attached hydrogen (secondary N) is 2. The van der Waals surface area contributed by atoms with Gasteiger partial charge in [-0.15, -0.1) is 0 Å². The first-order valence-corrected chi connectivity index (χ1v) is 9.42. The van der Waals surface area contributed by atoms with E-state index in [1.54, 1.807) is 24.3 Å². The Bertz CT molecular complexity index is 1070. The molecular formula is C20H20ClN3O5. The average molecular weight is 418 g/mol. The lowest BCUT2D eigenvalue weighted by atomic mass is 10.2. The molecule has 1 aromatic heterocycles. The lowest BCUT2D eigenvalue weighted by molar-refractivity contribution is -0.130. The van der Waals surface area contributed by atoms with Crippen LogP contribution in [0.2, 0.25) is 5.02 Å². The Morgan fingerprint density at radius 2 is 1.83 bits per heavy atom. The van der Waals surface area contributed by atoms with Gasteiger partial charge in [0.1, 0.15) is 5.75 Å². The second-order valence-corrected chi connectivity index (χ2v) is 6.70. The molecule has 0 fully saturated rings. The van der Waals surface area contributed by atoms with E-state index in [2.05, 4.69) is 10.9 Å². The first kappa shape index (κ1) is 20.5. The number of hydrogen-bond acceptors (Lipinski definition) is 5. The summed E-state index contributed by atoms with van der Waals surface area (Å²) in [4.78, 5) is 35.7. The predicted octanol–water partition coefficient (Wildman–Crippen LogP) is 2.43. The van der Waals surface area contributed by atoms with Crippen LogP contribution in [0.15, 0.2) is 51.7 Å². The van der Waals surface area contributed by atoms with Gasteiger partial charge in [0.15, 0.2) is 12.2 Å². The zero-order valence-electron chi connectivity index (χ0n) is 15.7. The highest BCUT2D eigenvalue weighted by Crippen LogP contribution is 2.18. The lowest BCUT2D eigenvalue weighted by Gasteiger charge is -2.09. The van der Waals surface area contributed by atoms with Crippen LogP contribution in [-0.4, -0.2) is 23.0 Å². The standard InChI is InChI=1S/C20H20ClN3O5/c1-2-13-3-6-15(7-4-13)28-12-19(26)23-22-18(25)9-10-24-16-8-5-14(21)11-17(16)29-20(24)27/h3-8,11H,2,9-10,12H2,1H3,(H,22,25)(H,23,26). The summed E-state index contributed by atoms with van der Waals surface area (Å²) < 4.78 is 11.8. The van der Waals surface area contributed by atoms with Crippen molar-refractivity contribution in [1.29, 1.82) is 0 Å². The summed E-state index contributed by atoms with van der Waals surface area (Å²) in [6.45, 7) is 1.90. The van der Waals surface area contributed by atoms with E-state index in [1.165, 1.54) is 16.2 Å². The van der Waals surface area contributed by atoms with E-state index < -0.39 is 17.6 Å². The number of amides is 2. The molecule has 0 aliphatic rings. The summed E-state index contributed by atoms with van der Waals surface area (Å²) in [5.41, 5.74) is 6.62. The van der Waals surface area contributed by atoms with Gasteiger partial charge in [0.25, 0.3) is 5.91 Å². The molecule has 9 heteroatoms. The van der Waals surface area contributed by atoms with Crippen molar-refractivity contribution < 1.29 is 18.7 Å². The van der Waals surface area contributed by atoms with Gasteiger partial charge in [-0.05, 0) is 36.2 Å². The molecular weight excluding hydrogens is 398 g/mol. The van der Waals surface area contributed by atoms with Crippen molar-refractivity contribution in [1.82, 2.24) is 15.4 Å². The fourth-order valence-corrected chi connectivity index (χ4v) is 2.84. The van der Waals surface area contributed by atoms with E-state index in [0.29, 0.717) is 21.9 Å².